The molecule has 2 aromatic rings. The van der Waals surface area contributed by atoms with Gasteiger partial charge in [0, 0.05) is 24.8 Å². The number of aromatic nitrogens is 3. The number of carbonyl (C=O) groups is 1. The second-order valence-corrected chi connectivity index (χ2v) is 5.49. The van der Waals surface area contributed by atoms with Gasteiger partial charge in [-0.05, 0) is 32.9 Å². The van der Waals surface area contributed by atoms with E-state index in [-0.39, 0.29) is 5.91 Å². The lowest BCUT2D eigenvalue weighted by Gasteiger charge is -2.23. The van der Waals surface area contributed by atoms with E-state index in [1.807, 2.05) is 13.0 Å². The zero-order valence-corrected chi connectivity index (χ0v) is 12.5. The first-order valence-electron chi connectivity index (χ1n) is 7.52. The summed E-state index contributed by atoms with van der Waals surface area (Å²) in [4.78, 5) is 19.1. The monoisotopic (exact) mass is 287 g/mol. The number of likely N-dealkylation sites (tertiary alicyclic amines) is 1. The predicted molar refractivity (Wildman–Crippen MR) is 80.3 cm³/mol. The first kappa shape index (κ1) is 14.0. The van der Waals surface area contributed by atoms with Crippen molar-refractivity contribution in [2.45, 2.75) is 32.7 Å². The fraction of sp³-hybridized carbons (Fsp3) is 0.533. The van der Waals surface area contributed by atoms with Crippen LogP contribution >= 0.6 is 0 Å². The number of amides is 1. The molecule has 1 aliphatic rings. The molecule has 112 valence electrons. The van der Waals surface area contributed by atoms with Gasteiger partial charge >= 0.3 is 0 Å². The molecule has 1 saturated heterocycles. The average Bonchev–Trinajstić information content (AvgIpc) is 3.13. The van der Waals surface area contributed by atoms with Crippen LogP contribution in [0.1, 0.15) is 35.8 Å². The summed E-state index contributed by atoms with van der Waals surface area (Å²) in [6, 6.07) is 2.28. The van der Waals surface area contributed by atoms with E-state index in [1.165, 1.54) is 6.42 Å². The molecule has 6 nitrogen and oxygen atoms in total. The predicted octanol–water partition coefficient (Wildman–Crippen LogP) is 1.25. The molecule has 0 unspecified atom stereocenters. The highest BCUT2D eigenvalue weighted by Crippen LogP contribution is 2.16. The van der Waals surface area contributed by atoms with Crippen molar-refractivity contribution in [2.24, 2.45) is 0 Å². The van der Waals surface area contributed by atoms with E-state index in [4.69, 9.17) is 0 Å². The summed E-state index contributed by atoms with van der Waals surface area (Å²) >= 11 is 0. The van der Waals surface area contributed by atoms with E-state index in [0.717, 1.165) is 30.9 Å². The quantitative estimate of drug-likeness (QED) is 0.919. The standard InChI is InChI=1S/C15H21N5O/c1-3-19-8-4-5-12(19)9-17-15(21)13-10-16-14-6-7-18-20(14)11(13)2/h6-7,10,12H,3-5,8-9H2,1-2H3,(H,17,21)/t12-/m1/s1. The van der Waals surface area contributed by atoms with Crippen molar-refractivity contribution >= 4 is 11.6 Å². The van der Waals surface area contributed by atoms with Crippen LogP contribution in [0, 0.1) is 6.92 Å². The smallest absolute Gasteiger partial charge is 0.254 e. The number of hydrogen-bond donors (Lipinski definition) is 1. The van der Waals surface area contributed by atoms with Crippen LogP contribution < -0.4 is 5.32 Å². The molecule has 3 rings (SSSR count). The summed E-state index contributed by atoms with van der Waals surface area (Å²) < 4.78 is 1.70. The van der Waals surface area contributed by atoms with Gasteiger partial charge in [0.05, 0.1) is 17.5 Å². The minimum atomic E-state index is -0.0691. The summed E-state index contributed by atoms with van der Waals surface area (Å²) in [5.41, 5.74) is 2.17. The molecular formula is C15H21N5O. The lowest BCUT2D eigenvalue weighted by molar-refractivity contribution is 0.0939. The average molecular weight is 287 g/mol. The van der Waals surface area contributed by atoms with Crippen molar-refractivity contribution < 1.29 is 4.79 Å². The van der Waals surface area contributed by atoms with Crippen molar-refractivity contribution in [1.82, 2.24) is 24.8 Å². The molecule has 1 atom stereocenters. The summed E-state index contributed by atoms with van der Waals surface area (Å²) in [6.45, 7) is 6.94. The Labute approximate surface area is 124 Å². The molecule has 1 amide bonds. The number of rotatable bonds is 4. The van der Waals surface area contributed by atoms with Crippen molar-refractivity contribution in [2.75, 3.05) is 19.6 Å². The maximum Gasteiger partial charge on any atom is 0.254 e. The van der Waals surface area contributed by atoms with Crippen LogP contribution in [-0.4, -0.2) is 51.1 Å². The molecule has 0 radical (unpaired) electrons. The van der Waals surface area contributed by atoms with Crippen molar-refractivity contribution in [3.05, 3.63) is 29.7 Å². The molecule has 0 aromatic carbocycles. The first-order chi connectivity index (χ1) is 10.2. The Balaban J connectivity index is 1.70. The van der Waals surface area contributed by atoms with E-state index >= 15 is 0 Å². The zero-order valence-electron chi connectivity index (χ0n) is 12.5. The molecule has 0 aliphatic carbocycles. The Morgan fingerprint density at radius 2 is 2.38 bits per heavy atom. The molecule has 1 N–H and O–H groups in total. The highest BCUT2D eigenvalue weighted by molar-refractivity contribution is 5.95. The number of carbonyl (C=O) groups excluding carboxylic acids is 1. The largest absolute Gasteiger partial charge is 0.350 e. The Bertz CT molecular complexity index is 651. The maximum absolute atomic E-state index is 12.4. The number of nitrogens with one attached hydrogen (secondary N) is 1. The summed E-state index contributed by atoms with van der Waals surface area (Å²) in [5.74, 6) is -0.0691. The molecule has 1 fully saturated rings. The van der Waals surface area contributed by atoms with Crippen molar-refractivity contribution in [3.8, 4) is 0 Å². The Morgan fingerprint density at radius 1 is 1.52 bits per heavy atom. The Kier molecular flexibility index (Phi) is 3.88. The minimum absolute atomic E-state index is 0.0691. The SMILES string of the molecule is CCN1CCC[C@@H]1CNC(=O)c1cnc2ccnn2c1C. The summed E-state index contributed by atoms with van der Waals surface area (Å²) in [5, 5.41) is 7.23. The van der Waals surface area contributed by atoms with Crippen LogP contribution in [0.4, 0.5) is 0 Å². The van der Waals surface area contributed by atoms with Gasteiger partial charge in [-0.25, -0.2) is 9.50 Å². The van der Waals surface area contributed by atoms with E-state index in [2.05, 4.69) is 27.2 Å². The zero-order chi connectivity index (χ0) is 14.8. The molecule has 6 heteroatoms. The molecule has 3 heterocycles. The van der Waals surface area contributed by atoms with E-state index in [1.54, 1.807) is 16.9 Å². The topological polar surface area (TPSA) is 62.5 Å². The van der Waals surface area contributed by atoms with Crippen LogP contribution in [0.5, 0.6) is 0 Å². The first-order valence-corrected chi connectivity index (χ1v) is 7.52. The third-order valence-corrected chi connectivity index (χ3v) is 4.30. The molecule has 0 saturated carbocycles. The van der Waals surface area contributed by atoms with E-state index < -0.39 is 0 Å². The van der Waals surface area contributed by atoms with Gasteiger partial charge in [-0.1, -0.05) is 6.92 Å². The maximum atomic E-state index is 12.4. The van der Waals surface area contributed by atoms with Gasteiger partial charge in [-0.15, -0.1) is 0 Å². The molecule has 0 spiro atoms. The van der Waals surface area contributed by atoms with Crippen LogP contribution in [0.15, 0.2) is 18.5 Å². The van der Waals surface area contributed by atoms with Crippen LogP contribution in [0.3, 0.4) is 0 Å². The number of aryl methyl sites for hydroxylation is 1. The van der Waals surface area contributed by atoms with Gasteiger partial charge in [0.2, 0.25) is 0 Å². The van der Waals surface area contributed by atoms with Crippen molar-refractivity contribution in [1.29, 1.82) is 0 Å². The van der Waals surface area contributed by atoms with Gasteiger partial charge < -0.3 is 5.32 Å². The van der Waals surface area contributed by atoms with E-state index in [0.29, 0.717) is 18.2 Å². The Hall–Kier alpha value is -1.95. The lowest BCUT2D eigenvalue weighted by atomic mass is 10.2. The van der Waals surface area contributed by atoms with Crippen LogP contribution in [0.25, 0.3) is 5.65 Å². The highest BCUT2D eigenvalue weighted by Gasteiger charge is 2.23. The molecule has 0 bridgehead atoms. The third-order valence-electron chi connectivity index (χ3n) is 4.30. The normalized spacial score (nSPS) is 19.2. The fourth-order valence-corrected chi connectivity index (χ4v) is 3.06. The second-order valence-electron chi connectivity index (χ2n) is 5.49. The van der Waals surface area contributed by atoms with Crippen molar-refractivity contribution in [3.63, 3.8) is 0 Å². The van der Waals surface area contributed by atoms with Crippen LogP contribution in [0.2, 0.25) is 0 Å². The van der Waals surface area contributed by atoms with Gasteiger partial charge in [-0.2, -0.15) is 5.10 Å². The molecular weight excluding hydrogens is 266 g/mol. The summed E-state index contributed by atoms with van der Waals surface area (Å²) in [7, 11) is 0. The second kappa shape index (κ2) is 5.81. The molecule has 2 aromatic heterocycles. The molecule has 21 heavy (non-hydrogen) atoms. The lowest BCUT2D eigenvalue weighted by Crippen LogP contribution is -2.40. The van der Waals surface area contributed by atoms with Gasteiger partial charge in [0.15, 0.2) is 5.65 Å². The van der Waals surface area contributed by atoms with E-state index in [9.17, 15) is 4.79 Å². The number of fused-ring (bicyclic) bond motifs is 1. The van der Waals surface area contributed by atoms with Crippen LogP contribution in [-0.2, 0) is 0 Å². The van der Waals surface area contributed by atoms with Gasteiger partial charge in [0.25, 0.3) is 5.91 Å². The third kappa shape index (κ3) is 2.63. The number of likely N-dealkylation sites (N-methyl/N-ethyl adjacent to an activating group) is 1. The number of hydrogen-bond acceptors (Lipinski definition) is 4. The Morgan fingerprint density at radius 3 is 3.19 bits per heavy atom. The van der Waals surface area contributed by atoms with Gasteiger partial charge in [-0.3, -0.25) is 9.69 Å². The summed E-state index contributed by atoms with van der Waals surface area (Å²) in [6.07, 6.45) is 5.69. The molecule has 1 aliphatic heterocycles. The fourth-order valence-electron chi connectivity index (χ4n) is 3.06. The minimum Gasteiger partial charge on any atom is -0.350 e. The number of nitrogens with zero attached hydrogens (tertiary/aromatic N) is 4. The van der Waals surface area contributed by atoms with Gasteiger partial charge in [0.1, 0.15) is 0 Å². The highest BCUT2D eigenvalue weighted by atomic mass is 16.1.